The van der Waals surface area contributed by atoms with Gasteiger partial charge in [0, 0.05) is 6.07 Å². The number of amides is 3. The lowest BCUT2D eigenvalue weighted by Gasteiger charge is -2.29. The molecular formula is C27H38N4O7. The summed E-state index contributed by atoms with van der Waals surface area (Å²) in [5.41, 5.74) is -1.37. The van der Waals surface area contributed by atoms with E-state index in [9.17, 15) is 19.5 Å². The SMILES string of the molecule is Cc1ccc(N(C(=O)OC(C)(C)C)c2cc(CO)nc(N(C(=O)OC(C)(C)C)C(=O)OC(C)(C)C)n2)cc1. The third kappa shape index (κ3) is 8.98. The number of ether oxygens (including phenoxy) is 3. The lowest BCUT2D eigenvalue weighted by Crippen LogP contribution is -2.45. The van der Waals surface area contributed by atoms with Crippen molar-refractivity contribution in [1.29, 1.82) is 0 Å². The minimum Gasteiger partial charge on any atom is -0.443 e. The van der Waals surface area contributed by atoms with Gasteiger partial charge in [0.25, 0.3) is 0 Å². The van der Waals surface area contributed by atoms with E-state index in [0.29, 0.717) is 10.6 Å². The molecule has 1 N–H and O–H groups in total. The molecule has 0 saturated heterocycles. The van der Waals surface area contributed by atoms with Gasteiger partial charge in [-0.3, -0.25) is 0 Å². The van der Waals surface area contributed by atoms with E-state index in [0.717, 1.165) is 10.5 Å². The highest BCUT2D eigenvalue weighted by Crippen LogP contribution is 2.30. The lowest BCUT2D eigenvalue weighted by atomic mass is 10.2. The Morgan fingerprint density at radius 1 is 0.763 bits per heavy atom. The summed E-state index contributed by atoms with van der Waals surface area (Å²) in [5.74, 6) is -0.495. The van der Waals surface area contributed by atoms with Crippen LogP contribution in [0, 0.1) is 6.92 Å². The van der Waals surface area contributed by atoms with E-state index in [-0.39, 0.29) is 11.5 Å². The molecule has 0 atom stereocenters. The summed E-state index contributed by atoms with van der Waals surface area (Å²) in [4.78, 5) is 49.9. The molecule has 1 heterocycles. The first kappa shape index (κ1) is 30.5. The Hall–Kier alpha value is -3.73. The fraction of sp³-hybridized carbons (Fsp3) is 0.519. The van der Waals surface area contributed by atoms with Crippen LogP contribution in [0.3, 0.4) is 0 Å². The van der Waals surface area contributed by atoms with Crippen LogP contribution in [0.2, 0.25) is 0 Å². The van der Waals surface area contributed by atoms with Crippen LogP contribution in [0.25, 0.3) is 0 Å². The van der Waals surface area contributed by atoms with E-state index in [1.54, 1.807) is 86.6 Å². The highest BCUT2D eigenvalue weighted by molar-refractivity contribution is 6.08. The molecule has 0 bridgehead atoms. The smallest absolute Gasteiger partial charge is 0.427 e. The van der Waals surface area contributed by atoms with Gasteiger partial charge in [-0.1, -0.05) is 17.7 Å². The highest BCUT2D eigenvalue weighted by atomic mass is 16.6. The second kappa shape index (κ2) is 11.3. The number of aryl methyl sites for hydroxylation is 1. The zero-order chi connectivity index (χ0) is 29.1. The van der Waals surface area contributed by atoms with E-state index in [2.05, 4.69) is 9.97 Å². The average Bonchev–Trinajstić information content (AvgIpc) is 2.71. The number of anilines is 3. The zero-order valence-corrected chi connectivity index (χ0v) is 23.8. The number of rotatable bonds is 4. The number of nitrogens with zero attached hydrogens (tertiary/aromatic N) is 4. The minimum absolute atomic E-state index is 0.0304. The first-order valence-corrected chi connectivity index (χ1v) is 12.1. The van der Waals surface area contributed by atoms with Gasteiger partial charge >= 0.3 is 18.3 Å². The first-order chi connectivity index (χ1) is 17.3. The molecule has 0 aliphatic rings. The Morgan fingerprint density at radius 2 is 1.21 bits per heavy atom. The molecule has 0 unspecified atom stereocenters. The van der Waals surface area contributed by atoms with E-state index < -0.39 is 47.6 Å². The normalized spacial score (nSPS) is 12.0. The maximum absolute atomic E-state index is 13.4. The number of carbonyl (C=O) groups is 3. The third-order valence-corrected chi connectivity index (χ3v) is 4.37. The first-order valence-electron chi connectivity index (χ1n) is 12.1. The van der Waals surface area contributed by atoms with Gasteiger partial charge in [-0.25, -0.2) is 24.3 Å². The maximum Gasteiger partial charge on any atom is 0.427 e. The van der Waals surface area contributed by atoms with Crippen LogP contribution in [0.4, 0.5) is 31.8 Å². The number of aliphatic hydroxyl groups is 1. The standard InChI is InChI=1S/C27H38N4O7/c1-17-11-13-19(14-12-17)30(22(33)36-25(2,3)4)20-15-18(16-32)28-21(29-20)31(23(34)37-26(5,6)7)24(35)38-27(8,9)10/h11-15,32H,16H2,1-10H3. The van der Waals surface area contributed by atoms with Gasteiger partial charge < -0.3 is 19.3 Å². The molecule has 11 heteroatoms. The number of aliphatic hydroxyl groups excluding tert-OH is 1. The molecule has 3 amide bonds. The minimum atomic E-state index is -1.09. The average molecular weight is 531 g/mol. The Kier molecular flexibility index (Phi) is 9.10. The third-order valence-electron chi connectivity index (χ3n) is 4.37. The van der Waals surface area contributed by atoms with Crippen molar-refractivity contribution >= 4 is 35.7 Å². The second-order valence-corrected chi connectivity index (χ2v) is 11.6. The summed E-state index contributed by atoms with van der Waals surface area (Å²) >= 11 is 0. The van der Waals surface area contributed by atoms with Crippen LogP contribution in [0.5, 0.6) is 0 Å². The van der Waals surface area contributed by atoms with Crippen LogP contribution in [-0.2, 0) is 20.8 Å². The molecule has 2 aromatic rings. The largest absolute Gasteiger partial charge is 0.443 e. The van der Waals surface area contributed by atoms with Crippen molar-refractivity contribution in [3.63, 3.8) is 0 Å². The molecular weight excluding hydrogens is 492 g/mol. The highest BCUT2D eigenvalue weighted by Gasteiger charge is 2.36. The Balaban J connectivity index is 2.75. The summed E-state index contributed by atoms with van der Waals surface area (Å²) in [5, 5.41) is 9.96. The molecule has 1 aromatic heterocycles. The summed E-state index contributed by atoms with van der Waals surface area (Å²) in [7, 11) is 0. The molecule has 0 aliphatic heterocycles. The van der Waals surface area contributed by atoms with Crippen LogP contribution in [-0.4, -0.2) is 50.2 Å². The van der Waals surface area contributed by atoms with Crippen LogP contribution in [0.1, 0.15) is 73.6 Å². The van der Waals surface area contributed by atoms with Gasteiger partial charge in [-0.05, 0) is 81.4 Å². The second-order valence-electron chi connectivity index (χ2n) is 11.6. The van der Waals surface area contributed by atoms with Crippen molar-refractivity contribution in [2.45, 2.75) is 92.6 Å². The summed E-state index contributed by atoms with van der Waals surface area (Å²) in [6.45, 7) is 16.3. The number of benzene rings is 1. The number of imide groups is 1. The molecule has 0 fully saturated rings. The topological polar surface area (TPSA) is 131 Å². The Bertz CT molecular complexity index is 1130. The molecule has 2 rings (SSSR count). The molecule has 208 valence electrons. The molecule has 11 nitrogen and oxygen atoms in total. The monoisotopic (exact) mass is 530 g/mol. The predicted octanol–water partition coefficient (Wildman–Crippen LogP) is 6.03. The van der Waals surface area contributed by atoms with Crippen molar-refractivity contribution in [2.75, 3.05) is 9.80 Å². The van der Waals surface area contributed by atoms with Gasteiger partial charge in [0.1, 0.15) is 22.6 Å². The molecule has 0 saturated carbocycles. The molecule has 0 aliphatic carbocycles. The quantitative estimate of drug-likeness (QED) is 0.471. The fourth-order valence-corrected chi connectivity index (χ4v) is 2.95. The zero-order valence-electron chi connectivity index (χ0n) is 23.8. The van der Waals surface area contributed by atoms with Gasteiger partial charge in [0.2, 0.25) is 5.95 Å². The van der Waals surface area contributed by atoms with Gasteiger partial charge in [0.15, 0.2) is 0 Å². The van der Waals surface area contributed by atoms with Gasteiger partial charge in [0.05, 0.1) is 18.0 Å². The van der Waals surface area contributed by atoms with Crippen molar-refractivity contribution in [3.05, 3.63) is 41.6 Å². The Labute approximate surface area is 223 Å². The van der Waals surface area contributed by atoms with Gasteiger partial charge in [-0.2, -0.15) is 4.98 Å². The maximum atomic E-state index is 13.4. The predicted molar refractivity (Wildman–Crippen MR) is 142 cm³/mol. The fourth-order valence-electron chi connectivity index (χ4n) is 2.95. The summed E-state index contributed by atoms with van der Waals surface area (Å²) in [6.07, 6.45) is -2.95. The van der Waals surface area contributed by atoms with Crippen LogP contribution in [0.15, 0.2) is 30.3 Å². The van der Waals surface area contributed by atoms with Crippen LogP contribution >= 0.6 is 0 Å². The lowest BCUT2D eigenvalue weighted by molar-refractivity contribution is 0.0426. The summed E-state index contributed by atoms with van der Waals surface area (Å²) < 4.78 is 16.4. The Morgan fingerprint density at radius 3 is 1.63 bits per heavy atom. The van der Waals surface area contributed by atoms with Crippen LogP contribution < -0.4 is 9.80 Å². The van der Waals surface area contributed by atoms with Crippen molar-refractivity contribution < 1.29 is 33.7 Å². The summed E-state index contributed by atoms with van der Waals surface area (Å²) in [6, 6.07) is 8.35. The van der Waals surface area contributed by atoms with E-state index in [1.807, 2.05) is 6.92 Å². The molecule has 1 aromatic carbocycles. The molecule has 0 radical (unpaired) electrons. The number of hydrogen-bond donors (Lipinski definition) is 1. The van der Waals surface area contributed by atoms with Crippen molar-refractivity contribution in [2.24, 2.45) is 0 Å². The molecule has 0 spiro atoms. The van der Waals surface area contributed by atoms with Crippen molar-refractivity contribution in [3.8, 4) is 0 Å². The molecule has 38 heavy (non-hydrogen) atoms. The van der Waals surface area contributed by atoms with E-state index in [4.69, 9.17) is 14.2 Å². The number of hydrogen-bond acceptors (Lipinski definition) is 9. The van der Waals surface area contributed by atoms with E-state index >= 15 is 0 Å². The number of carbonyl (C=O) groups excluding carboxylic acids is 3. The van der Waals surface area contributed by atoms with Gasteiger partial charge in [-0.15, -0.1) is 4.90 Å². The van der Waals surface area contributed by atoms with E-state index in [1.165, 1.54) is 6.07 Å². The number of aromatic nitrogens is 2. The van der Waals surface area contributed by atoms with Crippen molar-refractivity contribution in [1.82, 2.24) is 9.97 Å².